The summed E-state index contributed by atoms with van der Waals surface area (Å²) in [4.78, 5) is 4.17. The molecule has 1 aromatic heterocycles. The smallest absolute Gasteiger partial charge is 0.0315 e. The highest BCUT2D eigenvalue weighted by molar-refractivity contribution is 5.20. The summed E-state index contributed by atoms with van der Waals surface area (Å²) in [5.74, 6) is 1.79. The summed E-state index contributed by atoms with van der Waals surface area (Å²) in [5, 5.41) is 3.57. The fourth-order valence-corrected chi connectivity index (χ4v) is 2.60. The third kappa shape index (κ3) is 2.82. The molecule has 0 spiro atoms. The van der Waals surface area contributed by atoms with Gasteiger partial charge in [-0.25, -0.2) is 0 Å². The molecule has 2 unspecified atom stereocenters. The molecule has 2 nitrogen and oxygen atoms in total. The lowest BCUT2D eigenvalue weighted by molar-refractivity contribution is 0.392. The molecular formula is C14H22N2. The fourth-order valence-electron chi connectivity index (χ4n) is 2.60. The largest absolute Gasteiger partial charge is 0.312 e. The number of aryl methyl sites for hydroxylation is 1. The van der Waals surface area contributed by atoms with Crippen molar-refractivity contribution in [2.24, 2.45) is 11.8 Å². The molecule has 1 N–H and O–H groups in total. The van der Waals surface area contributed by atoms with Crippen molar-refractivity contribution in [1.82, 2.24) is 10.3 Å². The third-order valence-corrected chi connectivity index (χ3v) is 3.91. The highest BCUT2D eigenvalue weighted by Gasteiger charge is 2.22. The molecule has 0 saturated heterocycles. The second-order valence-electron chi connectivity index (χ2n) is 5.10. The lowest BCUT2D eigenvalue weighted by atomic mass is 9.98. The SMILES string of the molecule is Cc1ccncc1CNCC1CCCC1C. The lowest BCUT2D eigenvalue weighted by Gasteiger charge is -2.16. The molecule has 2 heteroatoms. The lowest BCUT2D eigenvalue weighted by Crippen LogP contribution is -2.24. The quantitative estimate of drug-likeness (QED) is 0.840. The average Bonchev–Trinajstić information content (AvgIpc) is 2.67. The Morgan fingerprint density at radius 1 is 1.44 bits per heavy atom. The number of nitrogens with zero attached hydrogens (tertiary/aromatic N) is 1. The molecule has 2 rings (SSSR count). The van der Waals surface area contributed by atoms with Gasteiger partial charge in [0, 0.05) is 18.9 Å². The van der Waals surface area contributed by atoms with E-state index in [1.54, 1.807) is 0 Å². The van der Waals surface area contributed by atoms with Crippen molar-refractivity contribution in [1.29, 1.82) is 0 Å². The molecule has 1 aliphatic carbocycles. The summed E-state index contributed by atoms with van der Waals surface area (Å²) in [6, 6.07) is 2.08. The molecular weight excluding hydrogens is 196 g/mol. The summed E-state index contributed by atoms with van der Waals surface area (Å²) < 4.78 is 0. The van der Waals surface area contributed by atoms with Crippen molar-refractivity contribution in [3.63, 3.8) is 0 Å². The van der Waals surface area contributed by atoms with Crippen LogP contribution >= 0.6 is 0 Å². The molecule has 0 bridgehead atoms. The monoisotopic (exact) mass is 218 g/mol. The van der Waals surface area contributed by atoms with Crippen LogP contribution in [-0.2, 0) is 6.54 Å². The Kier molecular flexibility index (Phi) is 3.94. The van der Waals surface area contributed by atoms with E-state index >= 15 is 0 Å². The molecule has 1 aliphatic rings. The Balaban J connectivity index is 1.78. The van der Waals surface area contributed by atoms with E-state index in [1.165, 1.54) is 30.4 Å². The van der Waals surface area contributed by atoms with E-state index in [4.69, 9.17) is 0 Å². The summed E-state index contributed by atoms with van der Waals surface area (Å²) in [6.45, 7) is 6.66. The first-order valence-electron chi connectivity index (χ1n) is 6.37. The van der Waals surface area contributed by atoms with Gasteiger partial charge in [0.1, 0.15) is 0 Å². The number of pyridine rings is 1. The van der Waals surface area contributed by atoms with E-state index in [0.717, 1.165) is 24.9 Å². The van der Waals surface area contributed by atoms with Gasteiger partial charge < -0.3 is 5.32 Å². The van der Waals surface area contributed by atoms with Gasteiger partial charge in [-0.3, -0.25) is 4.98 Å². The van der Waals surface area contributed by atoms with Crippen LogP contribution in [0.1, 0.15) is 37.3 Å². The standard InChI is InChI=1S/C14H22N2/c1-11-4-3-5-13(11)8-16-10-14-9-15-7-6-12(14)2/h6-7,9,11,13,16H,3-5,8,10H2,1-2H3. The highest BCUT2D eigenvalue weighted by Crippen LogP contribution is 2.30. The first-order valence-corrected chi connectivity index (χ1v) is 6.37. The summed E-state index contributed by atoms with van der Waals surface area (Å²) in [5.41, 5.74) is 2.66. The average molecular weight is 218 g/mol. The van der Waals surface area contributed by atoms with Crippen LogP contribution < -0.4 is 5.32 Å². The molecule has 1 fully saturated rings. The van der Waals surface area contributed by atoms with Crippen LogP contribution in [0, 0.1) is 18.8 Å². The van der Waals surface area contributed by atoms with Gasteiger partial charge >= 0.3 is 0 Å². The second-order valence-corrected chi connectivity index (χ2v) is 5.10. The normalized spacial score (nSPS) is 24.9. The fraction of sp³-hybridized carbons (Fsp3) is 0.643. The van der Waals surface area contributed by atoms with E-state index in [2.05, 4.69) is 30.2 Å². The zero-order valence-corrected chi connectivity index (χ0v) is 10.4. The molecule has 0 aliphatic heterocycles. The van der Waals surface area contributed by atoms with Gasteiger partial charge in [0.2, 0.25) is 0 Å². The highest BCUT2D eigenvalue weighted by atomic mass is 14.9. The zero-order valence-electron chi connectivity index (χ0n) is 10.4. The summed E-state index contributed by atoms with van der Waals surface area (Å²) >= 11 is 0. The predicted octanol–water partition coefficient (Wildman–Crippen LogP) is 2.92. The van der Waals surface area contributed by atoms with Crippen LogP contribution in [0.15, 0.2) is 18.5 Å². The molecule has 0 amide bonds. The van der Waals surface area contributed by atoms with Gasteiger partial charge in [-0.1, -0.05) is 19.8 Å². The number of nitrogens with one attached hydrogen (secondary N) is 1. The van der Waals surface area contributed by atoms with Crippen LogP contribution in [0.5, 0.6) is 0 Å². The Morgan fingerprint density at radius 3 is 3.00 bits per heavy atom. The minimum absolute atomic E-state index is 0.886. The van der Waals surface area contributed by atoms with Gasteiger partial charge in [-0.05, 0) is 48.9 Å². The molecule has 1 saturated carbocycles. The van der Waals surface area contributed by atoms with Crippen molar-refractivity contribution in [3.8, 4) is 0 Å². The van der Waals surface area contributed by atoms with Crippen molar-refractivity contribution in [2.45, 2.75) is 39.7 Å². The van der Waals surface area contributed by atoms with Gasteiger partial charge in [-0.15, -0.1) is 0 Å². The first kappa shape index (κ1) is 11.6. The van der Waals surface area contributed by atoms with Gasteiger partial charge in [0.15, 0.2) is 0 Å². The van der Waals surface area contributed by atoms with Crippen LogP contribution in [0.25, 0.3) is 0 Å². The second kappa shape index (κ2) is 5.44. The Morgan fingerprint density at radius 2 is 2.31 bits per heavy atom. The number of hydrogen-bond acceptors (Lipinski definition) is 2. The Labute approximate surface area is 98.5 Å². The van der Waals surface area contributed by atoms with Crippen LogP contribution in [0.3, 0.4) is 0 Å². The minimum Gasteiger partial charge on any atom is -0.312 e. The molecule has 1 aromatic rings. The maximum atomic E-state index is 4.17. The van der Waals surface area contributed by atoms with Crippen molar-refractivity contribution < 1.29 is 0 Å². The zero-order chi connectivity index (χ0) is 11.4. The van der Waals surface area contributed by atoms with Crippen LogP contribution in [-0.4, -0.2) is 11.5 Å². The van der Waals surface area contributed by atoms with Crippen LogP contribution in [0.2, 0.25) is 0 Å². The van der Waals surface area contributed by atoms with Gasteiger partial charge in [-0.2, -0.15) is 0 Å². The maximum absolute atomic E-state index is 4.17. The maximum Gasteiger partial charge on any atom is 0.0315 e. The number of hydrogen-bond donors (Lipinski definition) is 1. The summed E-state index contributed by atoms with van der Waals surface area (Å²) in [6.07, 6.45) is 8.07. The third-order valence-electron chi connectivity index (χ3n) is 3.91. The van der Waals surface area contributed by atoms with Crippen LogP contribution in [0.4, 0.5) is 0 Å². The van der Waals surface area contributed by atoms with Crippen molar-refractivity contribution in [2.75, 3.05) is 6.54 Å². The van der Waals surface area contributed by atoms with E-state index in [-0.39, 0.29) is 0 Å². The van der Waals surface area contributed by atoms with E-state index < -0.39 is 0 Å². The van der Waals surface area contributed by atoms with Gasteiger partial charge in [0.05, 0.1) is 0 Å². The van der Waals surface area contributed by atoms with E-state index in [9.17, 15) is 0 Å². The molecule has 0 radical (unpaired) electrons. The van der Waals surface area contributed by atoms with E-state index in [0.29, 0.717) is 0 Å². The number of rotatable bonds is 4. The topological polar surface area (TPSA) is 24.9 Å². The van der Waals surface area contributed by atoms with E-state index in [1.807, 2.05) is 12.4 Å². The Bertz CT molecular complexity index is 335. The van der Waals surface area contributed by atoms with Gasteiger partial charge in [0.25, 0.3) is 0 Å². The van der Waals surface area contributed by atoms with Crippen molar-refractivity contribution in [3.05, 3.63) is 29.6 Å². The predicted molar refractivity (Wildman–Crippen MR) is 67.2 cm³/mol. The molecule has 2 atom stereocenters. The first-order chi connectivity index (χ1) is 7.77. The molecule has 16 heavy (non-hydrogen) atoms. The minimum atomic E-state index is 0.886. The molecule has 0 aromatic carbocycles. The Hall–Kier alpha value is -0.890. The van der Waals surface area contributed by atoms with Crippen molar-refractivity contribution >= 4 is 0 Å². The molecule has 88 valence electrons. The molecule has 1 heterocycles. The number of aromatic nitrogens is 1. The summed E-state index contributed by atoms with van der Waals surface area (Å²) in [7, 11) is 0.